The normalized spacial score (nSPS) is 12.2. The number of rotatable bonds is 5. The lowest BCUT2D eigenvalue weighted by atomic mass is 10.3. The summed E-state index contributed by atoms with van der Waals surface area (Å²) >= 11 is 7.21. The van der Waals surface area contributed by atoms with Crippen LogP contribution in [-0.4, -0.2) is 29.6 Å². The molecule has 2 aromatic heterocycles. The molecule has 0 aliphatic heterocycles. The van der Waals surface area contributed by atoms with Gasteiger partial charge >= 0.3 is 0 Å². The van der Waals surface area contributed by atoms with Crippen molar-refractivity contribution in [2.75, 3.05) is 7.05 Å². The summed E-state index contributed by atoms with van der Waals surface area (Å²) in [6, 6.07) is 0. The molecule has 0 amide bonds. The molecule has 0 spiro atoms. The molecule has 0 bridgehead atoms. The van der Waals surface area contributed by atoms with Crippen molar-refractivity contribution in [3.8, 4) is 0 Å². The monoisotopic (exact) mass is 333 g/mol. The second-order valence-electron chi connectivity index (χ2n) is 4.59. The summed E-state index contributed by atoms with van der Waals surface area (Å²) in [5.41, 5.74) is 1.59. The molecular weight excluding hydrogens is 318 g/mol. The maximum Gasteiger partial charge on any atom is 0.244 e. The number of aromatic nitrogens is 2. The summed E-state index contributed by atoms with van der Waals surface area (Å²) in [4.78, 5) is 1.02. The Kier molecular flexibility index (Phi) is 4.53. The van der Waals surface area contributed by atoms with Gasteiger partial charge in [0.05, 0.1) is 12.1 Å². The first-order chi connectivity index (χ1) is 9.36. The number of hydrogen-bond donors (Lipinski definition) is 0. The van der Waals surface area contributed by atoms with Gasteiger partial charge < -0.3 is 0 Å². The van der Waals surface area contributed by atoms with Crippen LogP contribution in [0.5, 0.6) is 0 Å². The first kappa shape index (κ1) is 15.5. The van der Waals surface area contributed by atoms with E-state index in [-0.39, 0.29) is 12.4 Å². The van der Waals surface area contributed by atoms with E-state index in [1.54, 1.807) is 38.1 Å². The van der Waals surface area contributed by atoms with Crippen LogP contribution in [0.25, 0.3) is 0 Å². The van der Waals surface area contributed by atoms with E-state index in [0.717, 1.165) is 11.1 Å². The molecule has 2 aromatic rings. The van der Waals surface area contributed by atoms with Crippen molar-refractivity contribution in [2.24, 2.45) is 7.05 Å². The van der Waals surface area contributed by atoms with Gasteiger partial charge in [-0.3, -0.25) is 4.68 Å². The predicted octanol–water partition coefficient (Wildman–Crippen LogP) is 2.35. The standard InChI is InChI=1S/C12H16ClN3O2S2/c1-9-8-19-11(4-13)12(9)20(17,18)16(3)7-10-5-14-15(2)6-10/h5-6,8H,4,7H2,1-3H3. The third-order valence-electron chi connectivity index (χ3n) is 2.94. The number of thiophene rings is 1. The Bertz CT molecular complexity index is 706. The minimum Gasteiger partial charge on any atom is -0.275 e. The van der Waals surface area contributed by atoms with Gasteiger partial charge in [-0.2, -0.15) is 9.40 Å². The Balaban J connectivity index is 2.32. The zero-order valence-electron chi connectivity index (χ0n) is 11.5. The molecule has 0 aliphatic carbocycles. The van der Waals surface area contributed by atoms with Crippen molar-refractivity contribution < 1.29 is 8.42 Å². The average Bonchev–Trinajstić information content (AvgIpc) is 2.95. The van der Waals surface area contributed by atoms with Crippen molar-refractivity contribution in [1.29, 1.82) is 0 Å². The zero-order valence-corrected chi connectivity index (χ0v) is 13.9. The van der Waals surface area contributed by atoms with Gasteiger partial charge in [0, 0.05) is 37.3 Å². The molecule has 2 rings (SSSR count). The van der Waals surface area contributed by atoms with Crippen LogP contribution in [-0.2, 0) is 29.5 Å². The Hall–Kier alpha value is -0.890. The van der Waals surface area contributed by atoms with Crippen LogP contribution in [0.4, 0.5) is 0 Å². The van der Waals surface area contributed by atoms with Crippen molar-refractivity contribution >= 4 is 33.0 Å². The van der Waals surface area contributed by atoms with Gasteiger partial charge in [0.2, 0.25) is 10.0 Å². The molecule has 0 unspecified atom stereocenters. The summed E-state index contributed by atoms with van der Waals surface area (Å²) in [7, 11) is -0.171. The summed E-state index contributed by atoms with van der Waals surface area (Å²) in [5.74, 6) is 0.202. The van der Waals surface area contributed by atoms with Crippen LogP contribution in [0, 0.1) is 6.92 Å². The van der Waals surface area contributed by atoms with Crippen LogP contribution in [0.3, 0.4) is 0 Å². The van der Waals surface area contributed by atoms with Gasteiger partial charge in [0.25, 0.3) is 0 Å². The molecule has 8 heteroatoms. The fourth-order valence-corrected chi connectivity index (χ4v) is 5.14. The maximum atomic E-state index is 12.7. The molecule has 0 aromatic carbocycles. The van der Waals surface area contributed by atoms with Gasteiger partial charge in [-0.25, -0.2) is 8.42 Å². The molecule has 0 aliphatic rings. The van der Waals surface area contributed by atoms with Crippen molar-refractivity contribution in [2.45, 2.75) is 24.2 Å². The highest BCUT2D eigenvalue weighted by molar-refractivity contribution is 7.89. The van der Waals surface area contributed by atoms with Crippen LogP contribution in [0.2, 0.25) is 0 Å². The molecule has 0 saturated carbocycles. The minimum atomic E-state index is -3.54. The van der Waals surface area contributed by atoms with E-state index in [1.807, 2.05) is 5.38 Å². The number of halogens is 1. The highest BCUT2D eigenvalue weighted by Gasteiger charge is 2.27. The molecular formula is C12H16ClN3O2S2. The van der Waals surface area contributed by atoms with Crippen LogP contribution < -0.4 is 0 Å². The highest BCUT2D eigenvalue weighted by Crippen LogP contribution is 2.30. The van der Waals surface area contributed by atoms with Crippen molar-refractivity contribution in [3.05, 3.63) is 33.8 Å². The van der Waals surface area contributed by atoms with Gasteiger partial charge in [-0.15, -0.1) is 22.9 Å². The molecule has 0 atom stereocenters. The number of aryl methyl sites for hydroxylation is 2. The molecule has 0 fully saturated rings. The fraction of sp³-hybridized carbons (Fsp3) is 0.417. The van der Waals surface area contributed by atoms with E-state index >= 15 is 0 Å². The first-order valence-electron chi connectivity index (χ1n) is 5.93. The Morgan fingerprint density at radius 2 is 2.20 bits per heavy atom. The summed E-state index contributed by atoms with van der Waals surface area (Å²) in [5, 5.41) is 5.86. The fourth-order valence-electron chi connectivity index (χ4n) is 1.98. The molecule has 20 heavy (non-hydrogen) atoms. The molecule has 5 nitrogen and oxygen atoms in total. The SMILES string of the molecule is Cc1csc(CCl)c1S(=O)(=O)N(C)Cc1cnn(C)c1. The van der Waals surface area contributed by atoms with E-state index in [1.165, 1.54) is 15.6 Å². The topological polar surface area (TPSA) is 55.2 Å². The quantitative estimate of drug-likeness (QED) is 0.789. The summed E-state index contributed by atoms with van der Waals surface area (Å²) < 4.78 is 28.3. The lowest BCUT2D eigenvalue weighted by molar-refractivity contribution is 0.466. The van der Waals surface area contributed by atoms with Gasteiger partial charge in [0.15, 0.2) is 0 Å². The Morgan fingerprint density at radius 1 is 1.50 bits per heavy atom. The smallest absolute Gasteiger partial charge is 0.244 e. The minimum absolute atomic E-state index is 0.202. The van der Waals surface area contributed by atoms with Crippen LogP contribution >= 0.6 is 22.9 Å². The number of nitrogens with zero attached hydrogens (tertiary/aromatic N) is 3. The Labute approximate surface area is 127 Å². The van der Waals surface area contributed by atoms with Crippen molar-refractivity contribution in [1.82, 2.24) is 14.1 Å². The maximum absolute atomic E-state index is 12.7. The largest absolute Gasteiger partial charge is 0.275 e. The van der Waals surface area contributed by atoms with E-state index in [0.29, 0.717) is 9.77 Å². The molecule has 110 valence electrons. The second kappa shape index (κ2) is 5.85. The van der Waals surface area contributed by atoms with E-state index in [4.69, 9.17) is 11.6 Å². The predicted molar refractivity (Wildman–Crippen MR) is 80.5 cm³/mol. The molecule has 2 heterocycles. The molecule has 0 N–H and O–H groups in total. The summed E-state index contributed by atoms with van der Waals surface area (Å²) in [6.45, 7) is 2.07. The highest BCUT2D eigenvalue weighted by atomic mass is 35.5. The van der Waals surface area contributed by atoms with Crippen molar-refractivity contribution in [3.63, 3.8) is 0 Å². The zero-order chi connectivity index (χ0) is 14.9. The van der Waals surface area contributed by atoms with E-state index < -0.39 is 10.0 Å². The van der Waals surface area contributed by atoms with Crippen LogP contribution in [0.1, 0.15) is 16.0 Å². The van der Waals surface area contributed by atoms with Gasteiger partial charge in [-0.1, -0.05) is 0 Å². The second-order valence-corrected chi connectivity index (χ2v) is 7.80. The number of hydrogen-bond acceptors (Lipinski definition) is 4. The average molecular weight is 334 g/mol. The first-order valence-corrected chi connectivity index (χ1v) is 8.78. The molecule has 0 radical (unpaired) electrons. The van der Waals surface area contributed by atoms with Gasteiger partial charge in [0.1, 0.15) is 4.90 Å². The summed E-state index contributed by atoms with van der Waals surface area (Å²) in [6.07, 6.45) is 3.46. The lowest BCUT2D eigenvalue weighted by Crippen LogP contribution is -2.27. The van der Waals surface area contributed by atoms with E-state index in [9.17, 15) is 8.42 Å². The number of sulfonamides is 1. The Morgan fingerprint density at radius 3 is 2.75 bits per heavy atom. The van der Waals surface area contributed by atoms with Gasteiger partial charge in [-0.05, 0) is 17.9 Å². The van der Waals surface area contributed by atoms with Crippen LogP contribution in [0.15, 0.2) is 22.7 Å². The number of alkyl halides is 1. The third kappa shape index (κ3) is 2.90. The lowest BCUT2D eigenvalue weighted by Gasteiger charge is -2.17. The third-order valence-corrected chi connectivity index (χ3v) is 6.64. The van der Waals surface area contributed by atoms with E-state index in [2.05, 4.69) is 5.10 Å². The molecule has 0 saturated heterocycles.